The van der Waals surface area contributed by atoms with Gasteiger partial charge in [-0.3, -0.25) is 38.8 Å². The van der Waals surface area contributed by atoms with Crippen molar-refractivity contribution in [2.75, 3.05) is 26.2 Å². The van der Waals surface area contributed by atoms with E-state index in [-0.39, 0.29) is 37.2 Å². The standard InChI is InChI=1S/C36H48N12O10/c1-16(18-5-3-2-4-6-18)25-32(56)42-20(11-17-7-9-19(50)10-8-17)31(55)47-27(29(53)22-13-41-36(38)45-22)34(58)48-26(28(52)21-12-40-35(37)44-21)33(57)43-23(15-49)30(54)39-14-24(51)46-25/h2-10,16,20-23,25-29,49-50,52-53H,11-15H2,1H3,(H,39,54)(H,42,56)(H,43,57)(H,46,51)(H,47,55)(H,48,58)(H3,37,40,44)(H3,38,41,45)/t16?,20-,21?,22?,23-,25-,26-,27-,28?,29?/m0/s1. The van der Waals surface area contributed by atoms with E-state index in [1.165, 1.54) is 24.3 Å². The molecule has 22 heteroatoms. The van der Waals surface area contributed by atoms with Gasteiger partial charge in [-0.2, -0.15) is 0 Å². The van der Waals surface area contributed by atoms with Crippen LogP contribution in [0.4, 0.5) is 0 Å². The second-order valence-corrected chi connectivity index (χ2v) is 14.0. The molecule has 5 unspecified atom stereocenters. The van der Waals surface area contributed by atoms with Crippen LogP contribution >= 0.6 is 0 Å². The summed E-state index contributed by atoms with van der Waals surface area (Å²) in [4.78, 5) is 91.1. The number of phenols is 1. The number of benzene rings is 2. The van der Waals surface area contributed by atoms with E-state index in [1.54, 1.807) is 37.3 Å². The normalized spacial score (nSPS) is 27.9. The van der Waals surface area contributed by atoms with Gasteiger partial charge in [0.25, 0.3) is 0 Å². The number of guanidine groups is 2. The van der Waals surface area contributed by atoms with Gasteiger partial charge in [-0.05, 0) is 23.3 Å². The zero-order chi connectivity index (χ0) is 42.1. The molecule has 3 aliphatic rings. The molecule has 10 atom stereocenters. The van der Waals surface area contributed by atoms with E-state index in [0.29, 0.717) is 11.1 Å². The number of aliphatic hydroxyl groups is 3. The van der Waals surface area contributed by atoms with Gasteiger partial charge in [0.2, 0.25) is 35.4 Å². The van der Waals surface area contributed by atoms with E-state index in [2.05, 4.69) is 52.5 Å². The van der Waals surface area contributed by atoms with Crippen LogP contribution in [0.5, 0.6) is 5.75 Å². The molecule has 2 aromatic carbocycles. The smallest absolute Gasteiger partial charge is 0.246 e. The SMILES string of the molecule is CC(c1ccccc1)[C@@H]1NC(=O)CNC(=O)[C@H](CO)NC(=O)[C@H](C(O)C2CN=C(N)N2)NC(=O)[C@H](C(O)C2CN=C(N)N2)NC(=O)[C@H](Cc2ccc(O)cc2)NC1=O. The minimum atomic E-state index is -1.94. The lowest BCUT2D eigenvalue weighted by molar-refractivity contribution is -0.139. The van der Waals surface area contributed by atoms with Gasteiger partial charge in [-0.1, -0.05) is 49.4 Å². The van der Waals surface area contributed by atoms with Crippen LogP contribution in [0, 0.1) is 0 Å². The fourth-order valence-electron chi connectivity index (χ4n) is 6.59. The van der Waals surface area contributed by atoms with Crippen LogP contribution in [0.1, 0.15) is 24.0 Å². The molecular formula is C36H48N12O10. The van der Waals surface area contributed by atoms with E-state index < -0.39 is 109 Å². The molecule has 1 fully saturated rings. The van der Waals surface area contributed by atoms with Gasteiger partial charge in [0.1, 0.15) is 48.2 Å². The topological polar surface area (TPSA) is 356 Å². The quantitative estimate of drug-likeness (QED) is 0.112. The molecule has 16 N–H and O–H groups in total. The molecule has 2 aromatic rings. The van der Waals surface area contributed by atoms with Crippen molar-refractivity contribution in [3.05, 3.63) is 65.7 Å². The molecule has 58 heavy (non-hydrogen) atoms. The average molecular weight is 809 g/mol. The van der Waals surface area contributed by atoms with E-state index in [4.69, 9.17) is 11.5 Å². The van der Waals surface area contributed by atoms with Crippen LogP contribution < -0.4 is 54.0 Å². The summed E-state index contributed by atoms with van der Waals surface area (Å²) in [5.41, 5.74) is 12.6. The van der Waals surface area contributed by atoms with Gasteiger partial charge >= 0.3 is 0 Å². The molecule has 3 heterocycles. The van der Waals surface area contributed by atoms with Crippen molar-refractivity contribution in [3.8, 4) is 5.75 Å². The predicted molar refractivity (Wildman–Crippen MR) is 205 cm³/mol. The Labute approximate surface area is 331 Å². The maximum absolute atomic E-state index is 14.3. The van der Waals surface area contributed by atoms with Gasteiger partial charge in [0.15, 0.2) is 11.9 Å². The zero-order valence-corrected chi connectivity index (χ0v) is 31.3. The highest BCUT2D eigenvalue weighted by Gasteiger charge is 2.43. The molecule has 5 rings (SSSR count). The second-order valence-electron chi connectivity index (χ2n) is 14.0. The third-order valence-electron chi connectivity index (χ3n) is 9.92. The number of nitrogens with one attached hydrogen (secondary N) is 8. The van der Waals surface area contributed by atoms with Crippen LogP contribution in [-0.4, -0.2) is 149 Å². The fourth-order valence-corrected chi connectivity index (χ4v) is 6.59. The maximum atomic E-state index is 14.3. The number of carbonyl (C=O) groups excluding carboxylic acids is 6. The molecule has 1 saturated heterocycles. The summed E-state index contributed by atoms with van der Waals surface area (Å²) in [5, 5.41) is 62.9. The highest BCUT2D eigenvalue weighted by atomic mass is 16.3. The number of nitrogens with two attached hydrogens (primary N) is 2. The first kappa shape index (κ1) is 42.6. The summed E-state index contributed by atoms with van der Waals surface area (Å²) >= 11 is 0. The van der Waals surface area contributed by atoms with Gasteiger partial charge in [-0.15, -0.1) is 0 Å². The molecule has 0 spiro atoms. The first-order valence-electron chi connectivity index (χ1n) is 18.4. The fraction of sp³-hybridized carbons (Fsp3) is 0.444. The number of nitrogens with zero attached hydrogens (tertiary/aromatic N) is 2. The van der Waals surface area contributed by atoms with Crippen molar-refractivity contribution in [3.63, 3.8) is 0 Å². The Morgan fingerprint density at radius 2 is 1.17 bits per heavy atom. The number of carbonyl (C=O) groups is 6. The molecule has 0 saturated carbocycles. The van der Waals surface area contributed by atoms with Crippen LogP contribution in [0.2, 0.25) is 0 Å². The molecule has 312 valence electrons. The maximum Gasteiger partial charge on any atom is 0.246 e. The summed E-state index contributed by atoms with van der Waals surface area (Å²) in [6.45, 7) is -0.329. The monoisotopic (exact) mass is 808 g/mol. The van der Waals surface area contributed by atoms with Crippen molar-refractivity contribution in [1.29, 1.82) is 0 Å². The van der Waals surface area contributed by atoms with Crippen LogP contribution in [0.15, 0.2) is 64.6 Å². The first-order valence-corrected chi connectivity index (χ1v) is 18.4. The summed E-state index contributed by atoms with van der Waals surface area (Å²) in [6, 6.07) is 3.82. The minimum Gasteiger partial charge on any atom is -0.508 e. The minimum absolute atomic E-state index is 0.0695. The lowest BCUT2D eigenvalue weighted by Crippen LogP contribution is -2.67. The molecule has 6 amide bonds. The van der Waals surface area contributed by atoms with Gasteiger partial charge in [0.05, 0.1) is 38.3 Å². The van der Waals surface area contributed by atoms with Crippen molar-refractivity contribution in [2.45, 2.75) is 73.8 Å². The molecule has 0 aromatic heterocycles. The third-order valence-corrected chi connectivity index (χ3v) is 9.92. The van der Waals surface area contributed by atoms with Gasteiger partial charge in [0, 0.05) is 12.3 Å². The number of aliphatic hydroxyl groups excluding tert-OH is 3. The number of amides is 6. The first-order chi connectivity index (χ1) is 27.6. The summed E-state index contributed by atoms with van der Waals surface area (Å²) < 4.78 is 0. The summed E-state index contributed by atoms with van der Waals surface area (Å²) in [5.74, 6) is -7.05. The van der Waals surface area contributed by atoms with Gasteiger partial charge < -0.3 is 74.4 Å². The average Bonchev–Trinajstić information content (AvgIpc) is 3.86. The number of aromatic hydroxyl groups is 1. The van der Waals surface area contributed by atoms with Crippen molar-refractivity contribution >= 4 is 47.4 Å². The van der Waals surface area contributed by atoms with Crippen LogP contribution in [0.3, 0.4) is 0 Å². The van der Waals surface area contributed by atoms with Gasteiger partial charge in [-0.25, -0.2) is 0 Å². The lowest BCUT2D eigenvalue weighted by atomic mass is 9.92. The Morgan fingerprint density at radius 1 is 0.655 bits per heavy atom. The molecule has 0 aliphatic carbocycles. The number of hydrogen-bond donors (Lipinski definition) is 14. The Hall–Kier alpha value is -6.52. The van der Waals surface area contributed by atoms with Crippen molar-refractivity contribution < 1.29 is 49.2 Å². The summed E-state index contributed by atoms with van der Waals surface area (Å²) in [7, 11) is 0. The van der Waals surface area contributed by atoms with E-state index in [9.17, 15) is 49.2 Å². The number of phenolic OH excluding ortho intramolecular Hbond substituents is 1. The molecular weight excluding hydrogens is 760 g/mol. The Morgan fingerprint density at radius 3 is 1.71 bits per heavy atom. The van der Waals surface area contributed by atoms with E-state index >= 15 is 0 Å². The zero-order valence-electron chi connectivity index (χ0n) is 31.3. The molecule has 0 radical (unpaired) electrons. The number of hydrogen-bond acceptors (Lipinski definition) is 16. The number of rotatable bonds is 9. The van der Waals surface area contributed by atoms with Crippen LogP contribution in [0.25, 0.3) is 0 Å². The number of aliphatic imine (C=N–C) groups is 2. The highest BCUT2D eigenvalue weighted by Crippen LogP contribution is 2.20. The lowest BCUT2D eigenvalue weighted by Gasteiger charge is -2.33. The molecule has 0 bridgehead atoms. The highest BCUT2D eigenvalue weighted by molar-refractivity contribution is 5.98. The summed E-state index contributed by atoms with van der Waals surface area (Å²) in [6.07, 6.45) is -3.85. The Bertz CT molecular complexity index is 1900. The largest absolute Gasteiger partial charge is 0.508 e. The predicted octanol–water partition coefficient (Wildman–Crippen LogP) is -6.42. The Kier molecular flexibility index (Phi) is 14.0. The van der Waals surface area contributed by atoms with E-state index in [1.807, 2.05) is 0 Å². The third kappa shape index (κ3) is 10.7. The molecule has 3 aliphatic heterocycles. The van der Waals surface area contributed by atoms with Crippen molar-refractivity contribution in [1.82, 2.24) is 42.5 Å². The second kappa shape index (κ2) is 19.1. The van der Waals surface area contributed by atoms with Crippen molar-refractivity contribution in [2.24, 2.45) is 21.5 Å². The van der Waals surface area contributed by atoms with E-state index in [0.717, 1.165) is 0 Å². The van der Waals surface area contributed by atoms with Crippen LogP contribution in [-0.2, 0) is 35.2 Å². The Balaban J connectivity index is 1.56. The molecule has 22 nitrogen and oxygen atoms in total.